The van der Waals surface area contributed by atoms with Crippen LogP contribution < -0.4 is 0 Å². The van der Waals surface area contributed by atoms with Crippen LogP contribution in [0, 0.1) is 0 Å². The van der Waals surface area contributed by atoms with Crippen molar-refractivity contribution >= 4 is 113 Å². The van der Waals surface area contributed by atoms with Gasteiger partial charge in [-0.3, -0.25) is 0 Å². The SMILES string of the molecule is CCC([Si]C(OC)OC)C(CSSSSSCC(c1nc2ccccc2s1)C(CC)[Si]C(OC)OC)c1nc2ccccc2s1. The zero-order valence-corrected chi connectivity index (χ0v) is 34.0. The van der Waals surface area contributed by atoms with Gasteiger partial charge in [0.1, 0.15) is 30.9 Å². The monoisotopic (exact) mass is 772 g/mol. The van der Waals surface area contributed by atoms with Gasteiger partial charge in [0.05, 0.1) is 30.4 Å². The number of hydrogen-bond donors (Lipinski definition) is 0. The van der Waals surface area contributed by atoms with Crippen molar-refractivity contribution in [2.24, 2.45) is 0 Å². The zero-order chi connectivity index (χ0) is 32.0. The highest BCUT2D eigenvalue weighted by atomic mass is 33.8. The molecule has 0 fully saturated rings. The zero-order valence-electron chi connectivity index (χ0n) is 26.3. The summed E-state index contributed by atoms with van der Waals surface area (Å²) >= 11 is 3.66. The second-order valence-electron chi connectivity index (χ2n) is 10.00. The highest BCUT2D eigenvalue weighted by Crippen LogP contribution is 2.52. The Labute approximate surface area is 299 Å². The first-order chi connectivity index (χ1) is 22.0. The smallest absolute Gasteiger partial charge is 0.136 e. The van der Waals surface area contributed by atoms with Crippen LogP contribution in [0.5, 0.6) is 0 Å². The van der Waals surface area contributed by atoms with Gasteiger partial charge in [-0.15, -0.1) is 22.7 Å². The molecule has 4 unspecified atom stereocenters. The number of aromatic nitrogens is 2. The minimum Gasteiger partial charge on any atom is -0.360 e. The molecule has 244 valence electrons. The molecular formula is C30H40N2O4S7Si2. The van der Waals surface area contributed by atoms with Crippen LogP contribution in [0.3, 0.4) is 0 Å². The highest BCUT2D eigenvalue weighted by molar-refractivity contribution is 9.35. The average molecular weight is 773 g/mol. The summed E-state index contributed by atoms with van der Waals surface area (Å²) in [5, 5.41) is 2.44. The first kappa shape index (κ1) is 38.1. The summed E-state index contributed by atoms with van der Waals surface area (Å²) in [7, 11) is 17.5. The minimum absolute atomic E-state index is 0.176. The van der Waals surface area contributed by atoms with Crippen molar-refractivity contribution < 1.29 is 18.9 Å². The Bertz CT molecular complexity index is 1240. The predicted molar refractivity (Wildman–Crippen MR) is 208 cm³/mol. The number of methoxy groups -OCH3 is 4. The maximum Gasteiger partial charge on any atom is 0.136 e. The summed E-state index contributed by atoms with van der Waals surface area (Å²) in [6, 6.07) is 16.9. The van der Waals surface area contributed by atoms with E-state index in [1.54, 1.807) is 28.4 Å². The highest BCUT2D eigenvalue weighted by Gasteiger charge is 2.30. The minimum atomic E-state index is -0.176. The molecule has 0 amide bonds. The van der Waals surface area contributed by atoms with Crippen molar-refractivity contribution in [3.63, 3.8) is 0 Å². The Morgan fingerprint density at radius 2 is 1.02 bits per heavy atom. The molecule has 2 heterocycles. The number of thiazole rings is 2. The second kappa shape index (κ2) is 20.7. The van der Waals surface area contributed by atoms with E-state index < -0.39 is 0 Å². The second-order valence-corrected chi connectivity index (χ2v) is 23.1. The van der Waals surface area contributed by atoms with Gasteiger partial charge in [-0.25, -0.2) is 9.97 Å². The lowest BCUT2D eigenvalue weighted by atomic mass is 10.1. The van der Waals surface area contributed by atoms with Crippen molar-refractivity contribution in [2.75, 3.05) is 39.9 Å². The lowest BCUT2D eigenvalue weighted by Crippen LogP contribution is -2.28. The molecule has 0 bridgehead atoms. The van der Waals surface area contributed by atoms with Crippen molar-refractivity contribution in [1.82, 2.24) is 9.97 Å². The molecule has 0 saturated carbocycles. The number of hydrogen-bond acceptors (Lipinski definition) is 13. The van der Waals surface area contributed by atoms with Gasteiger partial charge in [0, 0.05) is 51.8 Å². The van der Waals surface area contributed by atoms with E-state index in [4.69, 9.17) is 28.9 Å². The first-order valence-corrected chi connectivity index (χ1v) is 25.1. The third-order valence-electron chi connectivity index (χ3n) is 7.31. The van der Waals surface area contributed by atoms with Crippen LogP contribution in [0.1, 0.15) is 48.5 Å². The van der Waals surface area contributed by atoms with Crippen LogP contribution in [-0.4, -0.2) is 80.8 Å². The van der Waals surface area contributed by atoms with E-state index >= 15 is 0 Å². The lowest BCUT2D eigenvalue weighted by Gasteiger charge is -2.26. The Morgan fingerprint density at radius 3 is 1.38 bits per heavy atom. The molecule has 2 aromatic carbocycles. The Kier molecular flexibility index (Phi) is 17.5. The third-order valence-corrected chi connectivity index (χ3v) is 22.4. The van der Waals surface area contributed by atoms with Gasteiger partial charge >= 0.3 is 0 Å². The Balaban J connectivity index is 1.35. The summed E-state index contributed by atoms with van der Waals surface area (Å²) in [5.41, 5.74) is 3.07. The number of benzene rings is 2. The molecule has 6 nitrogen and oxygen atoms in total. The van der Waals surface area contributed by atoms with Crippen LogP contribution in [0.15, 0.2) is 48.5 Å². The van der Waals surface area contributed by atoms with Gasteiger partial charge in [0.2, 0.25) is 0 Å². The Morgan fingerprint density at radius 1 is 0.622 bits per heavy atom. The van der Waals surface area contributed by atoms with Gasteiger partial charge in [-0.05, 0) is 64.8 Å². The molecule has 0 aliphatic carbocycles. The maximum absolute atomic E-state index is 5.61. The summed E-state index contributed by atoms with van der Waals surface area (Å²) in [4.78, 5) is 10.1. The van der Waals surface area contributed by atoms with Crippen LogP contribution in [0.4, 0.5) is 0 Å². The molecular weight excluding hydrogens is 733 g/mol. The molecule has 2 aromatic heterocycles. The molecule has 15 heteroatoms. The number of fused-ring (bicyclic) bond motifs is 2. The fraction of sp³-hybridized carbons (Fsp3) is 0.533. The summed E-state index contributed by atoms with van der Waals surface area (Å²) in [5.74, 6) is 2.33. The molecule has 0 spiro atoms. The largest absolute Gasteiger partial charge is 0.360 e. The van der Waals surface area contributed by atoms with E-state index in [1.165, 1.54) is 19.4 Å². The maximum atomic E-state index is 5.61. The van der Waals surface area contributed by atoms with Crippen molar-refractivity contribution in [3.8, 4) is 0 Å². The number of nitrogens with zero attached hydrogens (tertiary/aromatic N) is 2. The molecule has 0 N–H and O–H groups in total. The number of rotatable bonds is 22. The van der Waals surface area contributed by atoms with E-state index in [1.807, 2.05) is 73.7 Å². The number of para-hydroxylation sites is 2. The molecule has 4 radical (unpaired) electrons. The summed E-state index contributed by atoms with van der Waals surface area (Å²) in [6.07, 6.45) is 2.12. The van der Waals surface area contributed by atoms with Gasteiger partial charge < -0.3 is 18.9 Å². The molecule has 4 aromatic rings. The van der Waals surface area contributed by atoms with Crippen molar-refractivity contribution in [1.29, 1.82) is 0 Å². The van der Waals surface area contributed by atoms with Gasteiger partial charge in [-0.2, -0.15) is 0 Å². The van der Waals surface area contributed by atoms with E-state index in [9.17, 15) is 0 Å². The lowest BCUT2D eigenvalue weighted by molar-refractivity contribution is -0.0451. The van der Waals surface area contributed by atoms with E-state index in [-0.39, 0.29) is 11.8 Å². The molecule has 0 saturated heterocycles. The summed E-state index contributed by atoms with van der Waals surface area (Å²) < 4.78 is 24.9. The van der Waals surface area contributed by atoms with E-state index in [2.05, 4.69) is 62.4 Å². The van der Waals surface area contributed by atoms with Gasteiger partial charge in [0.25, 0.3) is 0 Å². The number of ether oxygens (including phenoxy) is 4. The molecule has 45 heavy (non-hydrogen) atoms. The Hall–Kier alpha value is 0.244. The third kappa shape index (κ3) is 11.1. The average Bonchev–Trinajstić information content (AvgIpc) is 3.71. The fourth-order valence-corrected chi connectivity index (χ4v) is 20.0. The van der Waals surface area contributed by atoms with Crippen molar-refractivity contribution in [2.45, 2.75) is 61.4 Å². The normalized spacial score (nSPS) is 14.9. The molecule has 0 aliphatic heterocycles. The summed E-state index contributed by atoms with van der Waals surface area (Å²) in [6.45, 7) is 4.54. The van der Waals surface area contributed by atoms with Crippen LogP contribution in [0.2, 0.25) is 11.1 Å². The van der Waals surface area contributed by atoms with Gasteiger partial charge in [0.15, 0.2) is 0 Å². The van der Waals surface area contributed by atoms with E-state index in [0.29, 0.717) is 42.0 Å². The van der Waals surface area contributed by atoms with Crippen LogP contribution in [-0.2, 0) is 18.9 Å². The van der Waals surface area contributed by atoms with Gasteiger partial charge in [-0.1, -0.05) is 72.5 Å². The first-order valence-electron chi connectivity index (χ1n) is 14.6. The topological polar surface area (TPSA) is 62.7 Å². The molecule has 0 aliphatic rings. The standard InChI is InChI=1S/C30H40N2O4S7Si2/c1-7-25(44-29(33-3)34-4)19(27-31-21-13-9-11-15-23(21)39-27)17-37-41-43-42-38-18-20(26(8-2)45-30(35-5)36-6)28-32-22-14-10-12-16-24(22)40-28/h9-16,19-20,25-26,29-30H,7-8,17-18H2,1-6H3. The molecule has 4 atom stereocenters. The fourth-order valence-electron chi connectivity index (χ4n) is 4.92. The molecule has 4 rings (SSSR count). The quantitative estimate of drug-likeness (QED) is 0.0332. The van der Waals surface area contributed by atoms with Crippen LogP contribution in [0.25, 0.3) is 20.4 Å². The van der Waals surface area contributed by atoms with Crippen LogP contribution >= 0.6 is 73.7 Å². The van der Waals surface area contributed by atoms with E-state index in [0.717, 1.165) is 35.4 Å². The predicted octanol–water partition coefficient (Wildman–Crippen LogP) is 10.1. The van der Waals surface area contributed by atoms with Crippen molar-refractivity contribution in [3.05, 3.63) is 58.5 Å².